The third-order valence-corrected chi connectivity index (χ3v) is 2.72. The van der Waals surface area contributed by atoms with E-state index in [9.17, 15) is 0 Å². The van der Waals surface area contributed by atoms with Crippen molar-refractivity contribution in [2.75, 3.05) is 26.9 Å². The molecule has 0 amide bonds. The highest BCUT2D eigenvalue weighted by Crippen LogP contribution is 2.19. The van der Waals surface area contributed by atoms with Crippen molar-refractivity contribution >= 4 is 0 Å². The third-order valence-electron chi connectivity index (χ3n) is 2.72. The molecule has 0 bridgehead atoms. The van der Waals surface area contributed by atoms with Gasteiger partial charge in [0.2, 0.25) is 0 Å². The fourth-order valence-electron chi connectivity index (χ4n) is 1.71. The summed E-state index contributed by atoms with van der Waals surface area (Å²) in [4.78, 5) is 4.29. The maximum atomic E-state index is 8.86. The van der Waals surface area contributed by atoms with Crippen molar-refractivity contribution in [3.63, 3.8) is 0 Å². The number of hydrogen-bond acceptors (Lipinski definition) is 6. The molecule has 2 rings (SSSR count). The van der Waals surface area contributed by atoms with Crippen LogP contribution in [0.4, 0.5) is 0 Å². The summed E-state index contributed by atoms with van der Waals surface area (Å²) in [7, 11) is 3.46. The van der Waals surface area contributed by atoms with Crippen LogP contribution < -0.4 is 0 Å². The standard InChI is InChI=1S/C13H16N4O3/c1-17-9-10(8-14)7-11(17)13-15-12(16-20-13)3-4-19-6-5-18-2/h7,9H,3-6H2,1-2H3. The van der Waals surface area contributed by atoms with E-state index in [2.05, 4.69) is 16.2 Å². The van der Waals surface area contributed by atoms with Gasteiger partial charge in [0.05, 0.1) is 25.4 Å². The zero-order valence-electron chi connectivity index (χ0n) is 11.5. The molecule has 7 heteroatoms. The summed E-state index contributed by atoms with van der Waals surface area (Å²) in [5.74, 6) is 0.984. The lowest BCUT2D eigenvalue weighted by atomic mass is 10.3. The van der Waals surface area contributed by atoms with E-state index in [0.29, 0.717) is 43.5 Å². The Morgan fingerprint density at radius 1 is 1.40 bits per heavy atom. The van der Waals surface area contributed by atoms with Gasteiger partial charge >= 0.3 is 0 Å². The monoisotopic (exact) mass is 276 g/mol. The Hall–Kier alpha value is -2.17. The molecule has 0 unspecified atom stereocenters. The predicted molar refractivity (Wildman–Crippen MR) is 69.8 cm³/mol. The van der Waals surface area contributed by atoms with Crippen LogP contribution in [-0.2, 0) is 22.9 Å². The Labute approximate surface area is 116 Å². The van der Waals surface area contributed by atoms with E-state index in [1.165, 1.54) is 0 Å². The van der Waals surface area contributed by atoms with Gasteiger partial charge in [0.1, 0.15) is 11.8 Å². The minimum Gasteiger partial charge on any atom is -0.382 e. The van der Waals surface area contributed by atoms with Crippen LogP contribution in [0.15, 0.2) is 16.8 Å². The molecule has 0 atom stereocenters. The molecule has 0 aliphatic rings. The molecule has 0 radical (unpaired) electrons. The molecular weight excluding hydrogens is 260 g/mol. The molecule has 0 aliphatic carbocycles. The molecule has 0 spiro atoms. The van der Waals surface area contributed by atoms with Crippen molar-refractivity contribution in [2.24, 2.45) is 7.05 Å². The number of nitriles is 1. The third kappa shape index (κ3) is 3.44. The Morgan fingerprint density at radius 3 is 2.95 bits per heavy atom. The van der Waals surface area contributed by atoms with Gasteiger partial charge < -0.3 is 18.6 Å². The highest BCUT2D eigenvalue weighted by atomic mass is 16.5. The molecule has 0 saturated carbocycles. The topological polar surface area (TPSA) is 86.1 Å². The summed E-state index contributed by atoms with van der Waals surface area (Å²) < 4.78 is 17.2. The van der Waals surface area contributed by atoms with Gasteiger partial charge in [-0.1, -0.05) is 5.16 Å². The lowest BCUT2D eigenvalue weighted by Crippen LogP contribution is -2.05. The van der Waals surface area contributed by atoms with Crippen LogP contribution in [0, 0.1) is 11.3 Å². The molecule has 20 heavy (non-hydrogen) atoms. The molecule has 2 aromatic rings. The zero-order chi connectivity index (χ0) is 14.4. The summed E-state index contributed by atoms with van der Waals surface area (Å²) in [6.45, 7) is 1.63. The first-order valence-electron chi connectivity index (χ1n) is 6.20. The Kier molecular flexibility index (Phi) is 4.87. The van der Waals surface area contributed by atoms with E-state index in [-0.39, 0.29) is 0 Å². The second kappa shape index (κ2) is 6.84. The summed E-state index contributed by atoms with van der Waals surface area (Å²) >= 11 is 0. The van der Waals surface area contributed by atoms with Crippen LogP contribution in [0.5, 0.6) is 0 Å². The van der Waals surface area contributed by atoms with Gasteiger partial charge in [0.25, 0.3) is 5.89 Å². The van der Waals surface area contributed by atoms with Crippen LogP contribution in [-0.4, -0.2) is 41.6 Å². The molecular formula is C13H16N4O3. The SMILES string of the molecule is COCCOCCc1noc(-c2cc(C#N)cn2C)n1. The quantitative estimate of drug-likeness (QED) is 0.705. The van der Waals surface area contributed by atoms with E-state index in [1.807, 2.05) is 7.05 Å². The number of rotatable bonds is 7. The maximum absolute atomic E-state index is 8.86. The van der Waals surface area contributed by atoms with Crippen LogP contribution in [0.3, 0.4) is 0 Å². The van der Waals surface area contributed by atoms with Crippen molar-refractivity contribution < 1.29 is 14.0 Å². The first-order valence-corrected chi connectivity index (χ1v) is 6.20. The first kappa shape index (κ1) is 14.2. The second-order valence-corrected chi connectivity index (χ2v) is 4.21. The van der Waals surface area contributed by atoms with E-state index < -0.39 is 0 Å². The number of nitrogens with zero attached hydrogens (tertiary/aromatic N) is 4. The normalized spacial score (nSPS) is 10.7. The number of aryl methyl sites for hydroxylation is 1. The van der Waals surface area contributed by atoms with Crippen molar-refractivity contribution in [3.8, 4) is 17.7 Å². The highest BCUT2D eigenvalue weighted by molar-refractivity contribution is 5.52. The summed E-state index contributed by atoms with van der Waals surface area (Å²) in [6.07, 6.45) is 2.29. The number of aromatic nitrogens is 3. The highest BCUT2D eigenvalue weighted by Gasteiger charge is 2.13. The van der Waals surface area contributed by atoms with Crippen molar-refractivity contribution in [1.82, 2.24) is 14.7 Å². The Balaban J connectivity index is 1.95. The smallest absolute Gasteiger partial charge is 0.274 e. The van der Waals surface area contributed by atoms with Gasteiger partial charge in [-0.3, -0.25) is 0 Å². The first-order chi connectivity index (χ1) is 9.74. The molecule has 0 aromatic carbocycles. The second-order valence-electron chi connectivity index (χ2n) is 4.21. The lowest BCUT2D eigenvalue weighted by molar-refractivity contribution is 0.0714. The summed E-state index contributed by atoms with van der Waals surface area (Å²) in [5, 5.41) is 12.8. The van der Waals surface area contributed by atoms with Crippen LogP contribution >= 0.6 is 0 Å². The molecule has 0 aliphatic heterocycles. The maximum Gasteiger partial charge on any atom is 0.274 e. The fourth-order valence-corrected chi connectivity index (χ4v) is 1.71. The zero-order valence-corrected chi connectivity index (χ0v) is 11.5. The van der Waals surface area contributed by atoms with Crippen LogP contribution in [0.1, 0.15) is 11.4 Å². The fraction of sp³-hybridized carbons (Fsp3) is 0.462. The van der Waals surface area contributed by atoms with Gasteiger partial charge in [-0.2, -0.15) is 10.2 Å². The lowest BCUT2D eigenvalue weighted by Gasteiger charge is -2.00. The summed E-state index contributed by atoms with van der Waals surface area (Å²) in [6, 6.07) is 3.79. The average molecular weight is 276 g/mol. The van der Waals surface area contributed by atoms with Crippen LogP contribution in [0.25, 0.3) is 11.6 Å². The Bertz CT molecular complexity index is 597. The molecule has 0 fully saturated rings. The molecule has 0 N–H and O–H groups in total. The van der Waals surface area contributed by atoms with Gasteiger partial charge in [-0.05, 0) is 6.07 Å². The minimum atomic E-state index is 0.404. The van der Waals surface area contributed by atoms with E-state index in [0.717, 1.165) is 5.69 Å². The van der Waals surface area contributed by atoms with Crippen molar-refractivity contribution in [3.05, 3.63) is 23.7 Å². The van der Waals surface area contributed by atoms with Gasteiger partial charge in [-0.15, -0.1) is 0 Å². The van der Waals surface area contributed by atoms with Gasteiger partial charge in [0.15, 0.2) is 5.82 Å². The molecule has 2 heterocycles. The summed E-state index contributed by atoms with van der Waals surface area (Å²) in [5.41, 5.74) is 1.28. The Morgan fingerprint density at radius 2 is 2.25 bits per heavy atom. The van der Waals surface area contributed by atoms with Crippen LogP contribution in [0.2, 0.25) is 0 Å². The van der Waals surface area contributed by atoms with Crippen molar-refractivity contribution in [2.45, 2.75) is 6.42 Å². The van der Waals surface area contributed by atoms with Crippen molar-refractivity contribution in [1.29, 1.82) is 5.26 Å². The van der Waals surface area contributed by atoms with E-state index in [1.54, 1.807) is 23.9 Å². The van der Waals surface area contributed by atoms with Gasteiger partial charge in [-0.25, -0.2) is 0 Å². The minimum absolute atomic E-state index is 0.404. The molecule has 7 nitrogen and oxygen atoms in total. The average Bonchev–Trinajstić information content (AvgIpc) is 3.05. The predicted octanol–water partition coefficient (Wildman–Crippen LogP) is 1.15. The molecule has 0 saturated heterocycles. The number of methoxy groups -OCH3 is 1. The van der Waals surface area contributed by atoms with E-state index >= 15 is 0 Å². The number of hydrogen-bond donors (Lipinski definition) is 0. The van der Waals surface area contributed by atoms with E-state index in [4.69, 9.17) is 19.3 Å². The molecule has 2 aromatic heterocycles. The van der Waals surface area contributed by atoms with Gasteiger partial charge in [0, 0.05) is 26.8 Å². The largest absolute Gasteiger partial charge is 0.382 e. The molecule has 106 valence electrons. The number of ether oxygens (including phenoxy) is 2.